The van der Waals surface area contributed by atoms with Crippen molar-refractivity contribution in [2.75, 3.05) is 18.5 Å². The summed E-state index contributed by atoms with van der Waals surface area (Å²) < 4.78 is 5.58. The van der Waals surface area contributed by atoms with E-state index in [9.17, 15) is 4.79 Å². The standard InChI is InChI=1S/C18H22N2O2/c1-3-22-17-11-7-5-9-15(17)12-13-19-18(21)20-16-10-6-4-8-14(16)2/h4-11H,3,12-13H2,1-2H3,(H2,19,20,21). The minimum absolute atomic E-state index is 0.191. The van der Waals surface area contributed by atoms with Gasteiger partial charge in [-0.3, -0.25) is 0 Å². The first-order valence-corrected chi connectivity index (χ1v) is 7.52. The number of rotatable bonds is 6. The van der Waals surface area contributed by atoms with Crippen molar-refractivity contribution >= 4 is 11.7 Å². The molecule has 0 aliphatic rings. The Morgan fingerprint density at radius 3 is 2.59 bits per heavy atom. The zero-order chi connectivity index (χ0) is 15.8. The van der Waals surface area contributed by atoms with E-state index in [2.05, 4.69) is 10.6 Å². The van der Waals surface area contributed by atoms with Crippen molar-refractivity contribution in [3.05, 3.63) is 59.7 Å². The topological polar surface area (TPSA) is 50.4 Å². The SMILES string of the molecule is CCOc1ccccc1CCNC(=O)Nc1ccccc1C. The molecule has 2 aromatic carbocycles. The number of aryl methyl sites for hydroxylation is 1. The van der Waals surface area contributed by atoms with Gasteiger partial charge in [-0.05, 0) is 43.5 Å². The summed E-state index contributed by atoms with van der Waals surface area (Å²) in [5.74, 6) is 0.881. The summed E-state index contributed by atoms with van der Waals surface area (Å²) >= 11 is 0. The smallest absolute Gasteiger partial charge is 0.319 e. The molecular formula is C18H22N2O2. The number of para-hydroxylation sites is 2. The van der Waals surface area contributed by atoms with Crippen LogP contribution in [-0.4, -0.2) is 19.2 Å². The van der Waals surface area contributed by atoms with Crippen LogP contribution in [0.5, 0.6) is 5.75 Å². The predicted molar refractivity (Wildman–Crippen MR) is 89.5 cm³/mol. The molecule has 0 aliphatic carbocycles. The molecule has 116 valence electrons. The summed E-state index contributed by atoms with van der Waals surface area (Å²) in [7, 11) is 0. The highest BCUT2D eigenvalue weighted by Crippen LogP contribution is 2.18. The number of hydrogen-bond donors (Lipinski definition) is 2. The number of anilines is 1. The summed E-state index contributed by atoms with van der Waals surface area (Å²) in [5, 5.41) is 5.73. The monoisotopic (exact) mass is 298 g/mol. The van der Waals surface area contributed by atoms with E-state index in [0.717, 1.165) is 29.0 Å². The molecule has 0 aliphatic heterocycles. The minimum Gasteiger partial charge on any atom is -0.494 e. The number of urea groups is 1. The molecule has 0 saturated heterocycles. The average molecular weight is 298 g/mol. The van der Waals surface area contributed by atoms with Crippen LogP contribution in [0.1, 0.15) is 18.1 Å². The maximum Gasteiger partial charge on any atom is 0.319 e. The Kier molecular flexibility index (Phi) is 5.83. The zero-order valence-electron chi connectivity index (χ0n) is 13.1. The Labute approximate surface area is 131 Å². The third kappa shape index (κ3) is 4.52. The maximum absolute atomic E-state index is 11.9. The van der Waals surface area contributed by atoms with E-state index in [1.165, 1.54) is 0 Å². The van der Waals surface area contributed by atoms with Gasteiger partial charge >= 0.3 is 6.03 Å². The number of hydrogen-bond acceptors (Lipinski definition) is 2. The van der Waals surface area contributed by atoms with Crippen LogP contribution in [-0.2, 0) is 6.42 Å². The highest BCUT2D eigenvalue weighted by Gasteiger charge is 2.05. The molecule has 2 N–H and O–H groups in total. The van der Waals surface area contributed by atoms with Crippen LogP contribution < -0.4 is 15.4 Å². The number of carbonyl (C=O) groups excluding carboxylic acids is 1. The maximum atomic E-state index is 11.9. The van der Waals surface area contributed by atoms with Gasteiger partial charge in [0.25, 0.3) is 0 Å². The molecule has 0 spiro atoms. The number of carbonyl (C=O) groups is 1. The van der Waals surface area contributed by atoms with E-state index in [0.29, 0.717) is 13.2 Å². The van der Waals surface area contributed by atoms with E-state index >= 15 is 0 Å². The average Bonchev–Trinajstić information content (AvgIpc) is 2.51. The quantitative estimate of drug-likeness (QED) is 0.853. The third-order valence-corrected chi connectivity index (χ3v) is 3.35. The van der Waals surface area contributed by atoms with Crippen molar-refractivity contribution in [3.63, 3.8) is 0 Å². The minimum atomic E-state index is -0.191. The third-order valence-electron chi connectivity index (χ3n) is 3.35. The lowest BCUT2D eigenvalue weighted by molar-refractivity contribution is 0.252. The van der Waals surface area contributed by atoms with Gasteiger partial charge < -0.3 is 15.4 Å². The first-order valence-electron chi connectivity index (χ1n) is 7.52. The Morgan fingerprint density at radius 2 is 1.82 bits per heavy atom. The Balaban J connectivity index is 1.84. The first kappa shape index (κ1) is 15.9. The molecule has 0 atom stereocenters. The molecule has 0 heterocycles. The van der Waals surface area contributed by atoms with Crippen molar-refractivity contribution in [2.24, 2.45) is 0 Å². The summed E-state index contributed by atoms with van der Waals surface area (Å²) in [6.07, 6.45) is 0.733. The molecule has 2 aromatic rings. The summed E-state index contributed by atoms with van der Waals surface area (Å²) in [4.78, 5) is 11.9. The molecule has 4 heteroatoms. The lowest BCUT2D eigenvalue weighted by atomic mass is 10.1. The molecule has 0 bridgehead atoms. The number of amides is 2. The second-order valence-electron chi connectivity index (χ2n) is 4.99. The van der Waals surface area contributed by atoms with Crippen LogP contribution in [0.25, 0.3) is 0 Å². The fourth-order valence-electron chi connectivity index (χ4n) is 2.20. The molecule has 0 radical (unpaired) electrons. The van der Waals surface area contributed by atoms with Gasteiger partial charge in [0, 0.05) is 12.2 Å². The molecule has 0 saturated carbocycles. The molecule has 2 amide bonds. The van der Waals surface area contributed by atoms with Gasteiger partial charge in [0.15, 0.2) is 0 Å². The van der Waals surface area contributed by atoms with Crippen LogP contribution in [0.15, 0.2) is 48.5 Å². The van der Waals surface area contributed by atoms with E-state index in [1.54, 1.807) is 0 Å². The summed E-state index contributed by atoms with van der Waals surface area (Å²) in [6, 6.07) is 15.4. The predicted octanol–water partition coefficient (Wildman–Crippen LogP) is 3.76. The Morgan fingerprint density at radius 1 is 1.09 bits per heavy atom. The lowest BCUT2D eigenvalue weighted by Gasteiger charge is -2.12. The van der Waals surface area contributed by atoms with Crippen molar-refractivity contribution in [1.82, 2.24) is 5.32 Å². The molecule has 0 aromatic heterocycles. The summed E-state index contributed by atoms with van der Waals surface area (Å²) in [6.45, 7) is 5.12. The highest BCUT2D eigenvalue weighted by molar-refractivity contribution is 5.89. The normalized spacial score (nSPS) is 10.1. The second-order valence-corrected chi connectivity index (χ2v) is 4.99. The van der Waals surface area contributed by atoms with Crippen LogP contribution >= 0.6 is 0 Å². The van der Waals surface area contributed by atoms with E-state index in [4.69, 9.17) is 4.74 Å². The van der Waals surface area contributed by atoms with Crippen molar-refractivity contribution in [3.8, 4) is 5.75 Å². The number of ether oxygens (including phenoxy) is 1. The zero-order valence-corrected chi connectivity index (χ0v) is 13.1. The second kappa shape index (κ2) is 8.08. The van der Waals surface area contributed by atoms with Crippen molar-refractivity contribution < 1.29 is 9.53 Å². The Hall–Kier alpha value is -2.49. The lowest BCUT2D eigenvalue weighted by Crippen LogP contribution is -2.30. The highest BCUT2D eigenvalue weighted by atomic mass is 16.5. The molecule has 4 nitrogen and oxygen atoms in total. The van der Waals surface area contributed by atoms with Crippen molar-refractivity contribution in [2.45, 2.75) is 20.3 Å². The van der Waals surface area contributed by atoms with Gasteiger partial charge in [0.05, 0.1) is 6.61 Å². The van der Waals surface area contributed by atoms with Crippen LogP contribution in [0, 0.1) is 6.92 Å². The van der Waals surface area contributed by atoms with Gasteiger partial charge in [-0.1, -0.05) is 36.4 Å². The van der Waals surface area contributed by atoms with Gasteiger partial charge in [-0.25, -0.2) is 4.79 Å². The van der Waals surface area contributed by atoms with E-state index in [1.807, 2.05) is 62.4 Å². The van der Waals surface area contributed by atoms with Gasteiger partial charge in [-0.2, -0.15) is 0 Å². The van der Waals surface area contributed by atoms with Crippen molar-refractivity contribution in [1.29, 1.82) is 0 Å². The van der Waals surface area contributed by atoms with Crippen LogP contribution in [0.2, 0.25) is 0 Å². The fraction of sp³-hybridized carbons (Fsp3) is 0.278. The molecular weight excluding hydrogens is 276 g/mol. The van der Waals surface area contributed by atoms with Crippen LogP contribution in [0.4, 0.5) is 10.5 Å². The van der Waals surface area contributed by atoms with E-state index in [-0.39, 0.29) is 6.03 Å². The van der Waals surface area contributed by atoms with Crippen LogP contribution in [0.3, 0.4) is 0 Å². The van der Waals surface area contributed by atoms with Gasteiger partial charge in [0.1, 0.15) is 5.75 Å². The molecule has 2 rings (SSSR count). The fourth-order valence-corrected chi connectivity index (χ4v) is 2.20. The molecule has 0 unspecified atom stereocenters. The van der Waals surface area contributed by atoms with Gasteiger partial charge in [0.2, 0.25) is 0 Å². The molecule has 0 fully saturated rings. The molecule has 22 heavy (non-hydrogen) atoms. The number of nitrogens with one attached hydrogen (secondary N) is 2. The largest absolute Gasteiger partial charge is 0.494 e. The number of benzene rings is 2. The summed E-state index contributed by atoms with van der Waals surface area (Å²) in [5.41, 5.74) is 2.97. The van der Waals surface area contributed by atoms with Gasteiger partial charge in [-0.15, -0.1) is 0 Å². The first-order chi connectivity index (χ1) is 10.7. The van der Waals surface area contributed by atoms with E-state index < -0.39 is 0 Å². The Bertz CT molecular complexity index is 626.